The van der Waals surface area contributed by atoms with E-state index in [1.165, 1.54) is 23.9 Å². The quantitative estimate of drug-likeness (QED) is 0.485. The van der Waals surface area contributed by atoms with Crippen molar-refractivity contribution in [3.8, 4) is 0 Å². The van der Waals surface area contributed by atoms with Crippen molar-refractivity contribution in [3.63, 3.8) is 0 Å². The van der Waals surface area contributed by atoms with Crippen LogP contribution in [0.2, 0.25) is 0 Å². The molecule has 1 aromatic carbocycles. The summed E-state index contributed by atoms with van der Waals surface area (Å²) in [6.45, 7) is 3.50. The Morgan fingerprint density at radius 1 is 1.26 bits per heavy atom. The molecule has 1 aromatic heterocycles. The van der Waals surface area contributed by atoms with Crippen molar-refractivity contribution in [2.75, 3.05) is 7.05 Å². The van der Waals surface area contributed by atoms with Crippen LogP contribution in [0.25, 0.3) is 0 Å². The molecule has 0 saturated heterocycles. The summed E-state index contributed by atoms with van der Waals surface area (Å²) in [4.78, 5) is 13.0. The summed E-state index contributed by atoms with van der Waals surface area (Å²) in [6.07, 6.45) is 3.40. The number of halogens is 1. The highest BCUT2D eigenvalue weighted by molar-refractivity contribution is 8.14. The zero-order valence-corrected chi connectivity index (χ0v) is 11.2. The fourth-order valence-corrected chi connectivity index (χ4v) is 2.40. The van der Waals surface area contributed by atoms with E-state index >= 15 is 0 Å². The van der Waals surface area contributed by atoms with Crippen LogP contribution in [-0.2, 0) is 0 Å². The molecule has 0 aliphatic carbocycles. The van der Waals surface area contributed by atoms with Crippen molar-refractivity contribution in [3.05, 3.63) is 54.1 Å². The van der Waals surface area contributed by atoms with E-state index in [9.17, 15) is 4.39 Å². The molecule has 0 aliphatic rings. The van der Waals surface area contributed by atoms with Gasteiger partial charge in [0.25, 0.3) is 0 Å². The van der Waals surface area contributed by atoms with Gasteiger partial charge < -0.3 is 0 Å². The first-order valence-electron chi connectivity index (χ1n) is 5.56. The molecular formula is C14H12FN3S. The highest BCUT2D eigenvalue weighted by Gasteiger charge is 2.11. The number of hydrogen-bond acceptors (Lipinski definition) is 4. The monoisotopic (exact) mass is 273 g/mol. The second-order valence-electron chi connectivity index (χ2n) is 3.63. The summed E-state index contributed by atoms with van der Waals surface area (Å²) in [6, 6.07) is 8.11. The molecule has 0 amide bonds. The van der Waals surface area contributed by atoms with E-state index in [1.54, 1.807) is 25.5 Å². The van der Waals surface area contributed by atoms with Crippen molar-refractivity contribution in [1.82, 2.24) is 4.98 Å². The van der Waals surface area contributed by atoms with Crippen LogP contribution in [0.3, 0.4) is 0 Å². The van der Waals surface area contributed by atoms with E-state index in [0.29, 0.717) is 16.3 Å². The van der Waals surface area contributed by atoms with Crippen molar-refractivity contribution in [2.24, 2.45) is 9.98 Å². The normalized spacial score (nSPS) is 11.4. The largest absolute Gasteiger partial charge is 0.281 e. The van der Waals surface area contributed by atoms with Gasteiger partial charge in [0.05, 0.1) is 5.69 Å². The van der Waals surface area contributed by atoms with Gasteiger partial charge in [-0.2, -0.15) is 0 Å². The van der Waals surface area contributed by atoms with E-state index < -0.39 is 0 Å². The average molecular weight is 273 g/mol. The van der Waals surface area contributed by atoms with Gasteiger partial charge in [-0.05, 0) is 37.0 Å². The minimum absolute atomic E-state index is 0.320. The van der Waals surface area contributed by atoms with Gasteiger partial charge >= 0.3 is 0 Å². The zero-order valence-electron chi connectivity index (χ0n) is 10.4. The molecule has 0 radical (unpaired) electrons. The number of aliphatic imine (C=N–C) groups is 2. The number of nitrogens with zero attached hydrogens (tertiary/aromatic N) is 3. The molecule has 19 heavy (non-hydrogen) atoms. The maximum Gasteiger partial charge on any atom is 0.124 e. The van der Waals surface area contributed by atoms with Crippen LogP contribution >= 0.6 is 11.8 Å². The maximum atomic E-state index is 13.4. The number of rotatable bonds is 3. The Labute approximate surface area is 115 Å². The molecule has 5 heteroatoms. The molecule has 0 bridgehead atoms. The highest BCUT2D eigenvalue weighted by atomic mass is 32.2. The predicted octanol–water partition coefficient (Wildman–Crippen LogP) is 3.72. The molecule has 96 valence electrons. The Hall–Kier alpha value is -2.01. The van der Waals surface area contributed by atoms with Crippen LogP contribution in [0.4, 0.5) is 10.1 Å². The molecule has 0 unspecified atom stereocenters. The Morgan fingerprint density at radius 3 is 2.63 bits per heavy atom. The molecule has 0 saturated carbocycles. The lowest BCUT2D eigenvalue weighted by atomic mass is 10.2. The van der Waals surface area contributed by atoms with Gasteiger partial charge in [-0.3, -0.25) is 15.0 Å². The summed E-state index contributed by atoms with van der Waals surface area (Å²) in [5.41, 5.74) is 1.25. The first-order chi connectivity index (χ1) is 9.24. The van der Waals surface area contributed by atoms with Gasteiger partial charge in [-0.1, -0.05) is 11.8 Å². The van der Waals surface area contributed by atoms with E-state index in [1.807, 2.05) is 12.1 Å². The van der Waals surface area contributed by atoms with E-state index in [-0.39, 0.29) is 5.82 Å². The van der Waals surface area contributed by atoms with Crippen molar-refractivity contribution in [2.45, 2.75) is 4.90 Å². The summed E-state index contributed by atoms with van der Waals surface area (Å²) in [5, 5.41) is 0.688. The topological polar surface area (TPSA) is 37.6 Å². The van der Waals surface area contributed by atoms with E-state index in [4.69, 9.17) is 0 Å². The van der Waals surface area contributed by atoms with Crippen molar-refractivity contribution in [1.29, 1.82) is 0 Å². The number of aromatic nitrogens is 1. The molecule has 1 heterocycles. The zero-order chi connectivity index (χ0) is 13.7. The summed E-state index contributed by atoms with van der Waals surface area (Å²) < 4.78 is 13.4. The lowest BCUT2D eigenvalue weighted by Gasteiger charge is -2.08. The minimum Gasteiger partial charge on any atom is -0.281 e. The standard InChI is InChI=1S/C14H12FN3S/c1-16-13-4-3-10(15)9-12(13)14(17-2)19-11-5-7-18-8-6-11/h3-9H,1H2,2H3. The molecule has 0 N–H and O–H groups in total. The third-order valence-electron chi connectivity index (χ3n) is 2.43. The van der Waals surface area contributed by atoms with Gasteiger partial charge in [-0.15, -0.1) is 0 Å². The number of pyridine rings is 1. The molecule has 0 fully saturated rings. The Bertz CT molecular complexity index is 611. The maximum absolute atomic E-state index is 13.4. The summed E-state index contributed by atoms with van der Waals surface area (Å²) in [7, 11) is 1.67. The third-order valence-corrected chi connectivity index (χ3v) is 3.53. The van der Waals surface area contributed by atoms with Crippen LogP contribution in [0.5, 0.6) is 0 Å². The fourth-order valence-electron chi connectivity index (χ4n) is 1.56. The van der Waals surface area contributed by atoms with Gasteiger partial charge in [-0.25, -0.2) is 4.39 Å². The Kier molecular flexibility index (Phi) is 4.41. The molecule has 0 atom stereocenters. The summed E-state index contributed by atoms with van der Waals surface area (Å²) in [5.74, 6) is -0.320. The highest BCUT2D eigenvalue weighted by Crippen LogP contribution is 2.29. The number of thioether (sulfide) groups is 1. The Balaban J connectivity index is 2.38. The minimum atomic E-state index is -0.320. The van der Waals surface area contributed by atoms with E-state index in [2.05, 4.69) is 21.7 Å². The molecule has 2 aromatic rings. The molecular weight excluding hydrogens is 261 g/mol. The lowest BCUT2D eigenvalue weighted by Crippen LogP contribution is -1.97. The number of benzene rings is 1. The molecule has 3 nitrogen and oxygen atoms in total. The predicted molar refractivity (Wildman–Crippen MR) is 78.2 cm³/mol. The van der Waals surface area contributed by atoms with Crippen LogP contribution in [0.1, 0.15) is 5.56 Å². The van der Waals surface area contributed by atoms with Crippen molar-refractivity contribution < 1.29 is 4.39 Å². The fraction of sp³-hybridized carbons (Fsp3) is 0.0714. The first kappa shape index (κ1) is 13.4. The second kappa shape index (κ2) is 6.24. The first-order valence-corrected chi connectivity index (χ1v) is 6.37. The van der Waals surface area contributed by atoms with Gasteiger partial charge in [0.1, 0.15) is 10.9 Å². The molecule has 0 aliphatic heterocycles. The number of hydrogen-bond donors (Lipinski definition) is 0. The summed E-state index contributed by atoms with van der Waals surface area (Å²) >= 11 is 1.44. The van der Waals surface area contributed by atoms with Gasteiger partial charge in [0.15, 0.2) is 0 Å². The average Bonchev–Trinajstić information content (AvgIpc) is 2.46. The van der Waals surface area contributed by atoms with Crippen LogP contribution in [-0.4, -0.2) is 23.8 Å². The van der Waals surface area contributed by atoms with Crippen LogP contribution in [0.15, 0.2) is 57.6 Å². The van der Waals surface area contributed by atoms with Crippen LogP contribution < -0.4 is 0 Å². The second-order valence-corrected chi connectivity index (χ2v) is 4.70. The van der Waals surface area contributed by atoms with E-state index in [0.717, 1.165) is 4.90 Å². The van der Waals surface area contributed by atoms with Crippen LogP contribution in [0, 0.1) is 5.82 Å². The van der Waals surface area contributed by atoms with Crippen molar-refractivity contribution >= 4 is 29.2 Å². The Morgan fingerprint density at radius 2 is 2.00 bits per heavy atom. The lowest BCUT2D eigenvalue weighted by molar-refractivity contribution is 0.627. The van der Waals surface area contributed by atoms with Gasteiger partial charge in [0.2, 0.25) is 0 Å². The third kappa shape index (κ3) is 3.26. The smallest absolute Gasteiger partial charge is 0.124 e. The molecule has 0 spiro atoms. The SMILES string of the molecule is C=Nc1ccc(F)cc1C(=NC)Sc1ccncc1. The molecule has 2 rings (SSSR count). The van der Waals surface area contributed by atoms with Gasteiger partial charge in [0, 0.05) is 29.9 Å².